The molecule has 1 aliphatic rings. The SMILES string of the molecule is Cc1noc(C)c1-c1cnc(C[C@H]2CCN(C(=O)c3cnccn3)C2)cn1. The highest BCUT2D eigenvalue weighted by molar-refractivity contribution is 5.92. The number of nitrogens with zero attached hydrogens (tertiary/aromatic N) is 6. The van der Waals surface area contributed by atoms with E-state index in [1.165, 1.54) is 12.4 Å². The van der Waals surface area contributed by atoms with Crippen LogP contribution in [-0.4, -0.2) is 49.0 Å². The summed E-state index contributed by atoms with van der Waals surface area (Å²) in [6.45, 7) is 5.18. The molecule has 1 aliphatic heterocycles. The molecular formula is C19H20N6O2. The second-order valence-electron chi connectivity index (χ2n) is 6.79. The summed E-state index contributed by atoms with van der Waals surface area (Å²) in [6.07, 6.45) is 9.91. The highest BCUT2D eigenvalue weighted by Crippen LogP contribution is 2.25. The van der Waals surface area contributed by atoms with Gasteiger partial charge in [-0.3, -0.25) is 19.7 Å². The fourth-order valence-electron chi connectivity index (χ4n) is 3.49. The van der Waals surface area contributed by atoms with Crippen molar-refractivity contribution in [2.24, 2.45) is 5.92 Å². The zero-order valence-electron chi connectivity index (χ0n) is 15.3. The van der Waals surface area contributed by atoms with Gasteiger partial charge in [-0.25, -0.2) is 4.98 Å². The third-order valence-corrected chi connectivity index (χ3v) is 4.85. The molecule has 0 bridgehead atoms. The van der Waals surface area contributed by atoms with Gasteiger partial charge in [-0.05, 0) is 32.6 Å². The molecule has 0 aromatic carbocycles. The van der Waals surface area contributed by atoms with E-state index in [9.17, 15) is 4.79 Å². The van der Waals surface area contributed by atoms with Gasteiger partial charge in [0.1, 0.15) is 11.5 Å². The van der Waals surface area contributed by atoms with E-state index in [0.29, 0.717) is 18.2 Å². The first-order chi connectivity index (χ1) is 13.1. The van der Waals surface area contributed by atoms with Gasteiger partial charge in [-0.2, -0.15) is 0 Å². The second-order valence-corrected chi connectivity index (χ2v) is 6.79. The summed E-state index contributed by atoms with van der Waals surface area (Å²) in [7, 11) is 0. The van der Waals surface area contributed by atoms with Gasteiger partial charge in [0.2, 0.25) is 0 Å². The number of rotatable bonds is 4. The Labute approximate surface area is 156 Å². The number of aryl methyl sites for hydroxylation is 2. The van der Waals surface area contributed by atoms with Crippen molar-refractivity contribution in [3.63, 3.8) is 0 Å². The largest absolute Gasteiger partial charge is 0.361 e. The molecule has 0 aliphatic carbocycles. The Morgan fingerprint density at radius 1 is 1.19 bits per heavy atom. The van der Waals surface area contributed by atoms with E-state index in [-0.39, 0.29) is 5.91 Å². The Bertz CT molecular complexity index is 919. The fraction of sp³-hybridized carbons (Fsp3) is 0.368. The molecule has 0 radical (unpaired) electrons. The van der Waals surface area contributed by atoms with Gasteiger partial charge in [0, 0.05) is 31.7 Å². The molecule has 1 saturated heterocycles. The standard InChI is InChI=1S/C19H20N6O2/c1-12-18(13(2)27-24-12)16-10-22-15(8-23-16)7-14-3-6-25(11-14)19(26)17-9-20-4-5-21-17/h4-5,8-10,14H,3,6-7,11H2,1-2H3/t14-/m1/s1. The lowest BCUT2D eigenvalue weighted by Gasteiger charge is -2.15. The van der Waals surface area contributed by atoms with Crippen molar-refractivity contribution < 1.29 is 9.32 Å². The van der Waals surface area contributed by atoms with Crippen LogP contribution in [0.1, 0.15) is 34.1 Å². The Kier molecular flexibility index (Phi) is 4.62. The summed E-state index contributed by atoms with van der Waals surface area (Å²) in [5.41, 5.74) is 3.78. The summed E-state index contributed by atoms with van der Waals surface area (Å²) in [4.78, 5) is 31.4. The first-order valence-electron chi connectivity index (χ1n) is 8.91. The monoisotopic (exact) mass is 364 g/mol. The number of carbonyl (C=O) groups excluding carboxylic acids is 1. The van der Waals surface area contributed by atoms with E-state index in [4.69, 9.17) is 4.52 Å². The van der Waals surface area contributed by atoms with Crippen LogP contribution >= 0.6 is 0 Å². The van der Waals surface area contributed by atoms with E-state index in [0.717, 1.165) is 47.8 Å². The molecule has 3 aromatic heterocycles. The highest BCUT2D eigenvalue weighted by atomic mass is 16.5. The van der Waals surface area contributed by atoms with Crippen molar-refractivity contribution in [3.05, 3.63) is 53.8 Å². The number of hydrogen-bond acceptors (Lipinski definition) is 7. The van der Waals surface area contributed by atoms with Crippen LogP contribution in [0.3, 0.4) is 0 Å². The predicted molar refractivity (Wildman–Crippen MR) is 96.7 cm³/mol. The van der Waals surface area contributed by atoms with E-state index >= 15 is 0 Å². The number of aromatic nitrogens is 5. The molecule has 27 heavy (non-hydrogen) atoms. The maximum Gasteiger partial charge on any atom is 0.274 e. The molecular weight excluding hydrogens is 344 g/mol. The minimum atomic E-state index is -0.0644. The topological polar surface area (TPSA) is 97.9 Å². The van der Waals surface area contributed by atoms with Gasteiger partial charge in [0.25, 0.3) is 5.91 Å². The molecule has 138 valence electrons. The quantitative estimate of drug-likeness (QED) is 0.700. The van der Waals surface area contributed by atoms with Crippen molar-refractivity contribution in [1.29, 1.82) is 0 Å². The van der Waals surface area contributed by atoms with E-state index in [1.54, 1.807) is 18.6 Å². The first kappa shape index (κ1) is 17.3. The molecule has 0 saturated carbocycles. The summed E-state index contributed by atoms with van der Waals surface area (Å²) in [5, 5.41) is 3.96. The molecule has 1 atom stereocenters. The Morgan fingerprint density at radius 3 is 2.74 bits per heavy atom. The molecule has 3 aromatic rings. The summed E-state index contributed by atoms with van der Waals surface area (Å²) in [6, 6.07) is 0. The van der Waals surface area contributed by atoms with Crippen LogP contribution in [0, 0.1) is 19.8 Å². The average molecular weight is 364 g/mol. The molecule has 8 heteroatoms. The minimum Gasteiger partial charge on any atom is -0.361 e. The van der Waals surface area contributed by atoms with Gasteiger partial charge in [0.15, 0.2) is 0 Å². The second kappa shape index (κ2) is 7.22. The molecule has 4 heterocycles. The molecule has 1 amide bonds. The first-order valence-corrected chi connectivity index (χ1v) is 8.91. The van der Waals surface area contributed by atoms with E-state index in [2.05, 4.69) is 25.1 Å². The molecule has 0 unspecified atom stereocenters. The van der Waals surface area contributed by atoms with E-state index < -0.39 is 0 Å². The predicted octanol–water partition coefficient (Wildman–Crippen LogP) is 2.24. The lowest BCUT2D eigenvalue weighted by molar-refractivity contribution is 0.0780. The lowest BCUT2D eigenvalue weighted by atomic mass is 10.0. The van der Waals surface area contributed by atoms with Crippen LogP contribution in [0.5, 0.6) is 0 Å². The molecule has 0 spiro atoms. The van der Waals surface area contributed by atoms with Crippen LogP contribution in [0.25, 0.3) is 11.3 Å². The van der Waals surface area contributed by atoms with Gasteiger partial charge in [0.05, 0.1) is 35.0 Å². The van der Waals surface area contributed by atoms with Crippen molar-refractivity contribution in [2.75, 3.05) is 13.1 Å². The Balaban J connectivity index is 1.40. The van der Waals surface area contributed by atoms with Crippen LogP contribution in [0.15, 0.2) is 35.5 Å². The van der Waals surface area contributed by atoms with Crippen LogP contribution < -0.4 is 0 Å². The van der Waals surface area contributed by atoms with Crippen molar-refractivity contribution in [1.82, 2.24) is 30.0 Å². The van der Waals surface area contributed by atoms with Crippen molar-refractivity contribution >= 4 is 5.91 Å². The molecule has 0 N–H and O–H groups in total. The number of hydrogen-bond donors (Lipinski definition) is 0. The van der Waals surface area contributed by atoms with Gasteiger partial charge >= 0.3 is 0 Å². The molecule has 1 fully saturated rings. The van der Waals surface area contributed by atoms with Gasteiger partial charge < -0.3 is 9.42 Å². The summed E-state index contributed by atoms with van der Waals surface area (Å²) in [5.74, 6) is 1.04. The lowest BCUT2D eigenvalue weighted by Crippen LogP contribution is -2.29. The maximum atomic E-state index is 12.5. The van der Waals surface area contributed by atoms with Crippen LogP contribution in [0.4, 0.5) is 0 Å². The highest BCUT2D eigenvalue weighted by Gasteiger charge is 2.28. The third-order valence-electron chi connectivity index (χ3n) is 4.85. The van der Waals surface area contributed by atoms with Gasteiger partial charge in [-0.15, -0.1) is 0 Å². The van der Waals surface area contributed by atoms with Crippen LogP contribution in [0.2, 0.25) is 0 Å². The maximum absolute atomic E-state index is 12.5. The number of carbonyl (C=O) groups is 1. The fourth-order valence-corrected chi connectivity index (χ4v) is 3.49. The van der Waals surface area contributed by atoms with Crippen molar-refractivity contribution in [2.45, 2.75) is 26.7 Å². The van der Waals surface area contributed by atoms with Crippen LogP contribution in [-0.2, 0) is 6.42 Å². The molecule has 8 nitrogen and oxygen atoms in total. The smallest absolute Gasteiger partial charge is 0.274 e. The zero-order valence-corrected chi connectivity index (χ0v) is 15.3. The average Bonchev–Trinajstić information content (AvgIpc) is 3.29. The zero-order chi connectivity index (χ0) is 18.8. The third kappa shape index (κ3) is 3.55. The molecule has 4 rings (SSSR count). The van der Waals surface area contributed by atoms with E-state index in [1.807, 2.05) is 18.7 Å². The Morgan fingerprint density at radius 2 is 2.07 bits per heavy atom. The normalized spacial score (nSPS) is 16.7. The number of likely N-dealkylation sites (tertiary alicyclic amines) is 1. The van der Waals surface area contributed by atoms with Crippen molar-refractivity contribution in [3.8, 4) is 11.3 Å². The summed E-state index contributed by atoms with van der Waals surface area (Å²) < 4.78 is 5.19. The number of amides is 1. The Hall–Kier alpha value is -3.16. The van der Waals surface area contributed by atoms with Gasteiger partial charge in [-0.1, -0.05) is 5.16 Å². The summed E-state index contributed by atoms with van der Waals surface area (Å²) >= 11 is 0. The minimum absolute atomic E-state index is 0.0644.